The number of pyridine rings is 1. The molecule has 2 aliphatic rings. The molecule has 25 heavy (non-hydrogen) atoms. The molecule has 0 aliphatic carbocycles. The summed E-state index contributed by atoms with van der Waals surface area (Å²) in [6, 6.07) is 22.8. The maximum atomic E-state index is 6.29. The standard InChI is InChI=1S/C21H17N3O/c1-2-7-15(8-3-1)18-13-19-17-10-4-5-11-20(17)25-21(24(19)23-18)16-9-6-12-22-14-16/h1-12,14,19,21H,13H2/t19-,21-/m0/s1. The Morgan fingerprint density at radius 3 is 2.60 bits per heavy atom. The lowest BCUT2D eigenvalue weighted by Crippen LogP contribution is -2.33. The minimum absolute atomic E-state index is 0.186. The minimum Gasteiger partial charge on any atom is -0.464 e. The zero-order valence-corrected chi connectivity index (χ0v) is 13.6. The van der Waals surface area contributed by atoms with E-state index < -0.39 is 0 Å². The van der Waals surface area contributed by atoms with Crippen LogP contribution in [0.1, 0.15) is 35.4 Å². The highest BCUT2D eigenvalue weighted by molar-refractivity contribution is 6.01. The van der Waals surface area contributed by atoms with Crippen molar-refractivity contribution in [2.75, 3.05) is 0 Å². The van der Waals surface area contributed by atoms with Gasteiger partial charge in [-0.2, -0.15) is 5.10 Å². The van der Waals surface area contributed by atoms with Crippen molar-refractivity contribution in [3.05, 3.63) is 95.8 Å². The average molecular weight is 327 g/mol. The van der Waals surface area contributed by atoms with Crippen LogP contribution in [0, 0.1) is 0 Å². The monoisotopic (exact) mass is 327 g/mol. The van der Waals surface area contributed by atoms with Crippen molar-refractivity contribution in [1.29, 1.82) is 0 Å². The van der Waals surface area contributed by atoms with Crippen molar-refractivity contribution >= 4 is 5.71 Å². The molecular formula is C21H17N3O. The van der Waals surface area contributed by atoms with Crippen molar-refractivity contribution in [3.63, 3.8) is 0 Å². The second-order valence-corrected chi connectivity index (χ2v) is 6.31. The molecule has 0 N–H and O–H groups in total. The van der Waals surface area contributed by atoms with Crippen LogP contribution in [-0.4, -0.2) is 15.7 Å². The van der Waals surface area contributed by atoms with Crippen LogP contribution in [0.2, 0.25) is 0 Å². The van der Waals surface area contributed by atoms with Crippen LogP contribution in [0.3, 0.4) is 0 Å². The van der Waals surface area contributed by atoms with Gasteiger partial charge in [-0.05, 0) is 17.7 Å². The van der Waals surface area contributed by atoms with Crippen molar-refractivity contribution < 1.29 is 4.74 Å². The topological polar surface area (TPSA) is 37.7 Å². The van der Waals surface area contributed by atoms with Crippen LogP contribution in [0.25, 0.3) is 0 Å². The van der Waals surface area contributed by atoms with Crippen molar-refractivity contribution in [2.24, 2.45) is 5.10 Å². The summed E-state index contributed by atoms with van der Waals surface area (Å²) in [5.74, 6) is 0.933. The molecule has 2 aromatic carbocycles. The normalized spacial score (nSPS) is 21.1. The van der Waals surface area contributed by atoms with Gasteiger partial charge in [0.1, 0.15) is 5.75 Å². The summed E-state index contributed by atoms with van der Waals surface area (Å²) in [5, 5.41) is 7.02. The van der Waals surface area contributed by atoms with Gasteiger partial charge in [0.2, 0.25) is 6.23 Å². The Bertz CT molecular complexity index is 924. The highest BCUT2D eigenvalue weighted by Crippen LogP contribution is 2.47. The Kier molecular flexibility index (Phi) is 3.27. The van der Waals surface area contributed by atoms with Gasteiger partial charge < -0.3 is 4.74 Å². The van der Waals surface area contributed by atoms with Crippen LogP contribution in [0.5, 0.6) is 5.75 Å². The quantitative estimate of drug-likeness (QED) is 0.703. The van der Waals surface area contributed by atoms with E-state index in [2.05, 4.69) is 46.4 Å². The number of hydrazone groups is 1. The Balaban J connectivity index is 1.61. The Hall–Kier alpha value is -3.14. The molecule has 0 fully saturated rings. The molecule has 0 saturated heterocycles. The van der Waals surface area contributed by atoms with E-state index in [1.54, 1.807) is 6.20 Å². The molecule has 122 valence electrons. The van der Waals surface area contributed by atoms with E-state index in [0.717, 1.165) is 23.4 Å². The van der Waals surface area contributed by atoms with E-state index in [1.807, 2.05) is 36.5 Å². The molecule has 0 amide bonds. The van der Waals surface area contributed by atoms with Crippen molar-refractivity contribution in [3.8, 4) is 5.75 Å². The molecule has 4 heteroatoms. The third-order valence-electron chi connectivity index (χ3n) is 4.78. The summed E-state index contributed by atoms with van der Waals surface area (Å²) in [6.07, 6.45) is 4.25. The van der Waals surface area contributed by atoms with Gasteiger partial charge in [0.05, 0.1) is 11.8 Å². The summed E-state index contributed by atoms with van der Waals surface area (Å²) in [4.78, 5) is 4.25. The molecule has 0 bridgehead atoms. The average Bonchev–Trinajstić information content (AvgIpc) is 3.14. The summed E-state index contributed by atoms with van der Waals surface area (Å²) in [5.41, 5.74) is 4.47. The second-order valence-electron chi connectivity index (χ2n) is 6.31. The molecule has 0 radical (unpaired) electrons. The zero-order chi connectivity index (χ0) is 16.6. The van der Waals surface area contributed by atoms with Gasteiger partial charge >= 0.3 is 0 Å². The molecule has 2 aliphatic heterocycles. The molecule has 2 atom stereocenters. The Morgan fingerprint density at radius 2 is 1.76 bits per heavy atom. The van der Waals surface area contributed by atoms with Crippen LogP contribution in [0.15, 0.2) is 84.2 Å². The fraction of sp³-hybridized carbons (Fsp3) is 0.143. The van der Waals surface area contributed by atoms with E-state index in [-0.39, 0.29) is 12.3 Å². The highest BCUT2D eigenvalue weighted by Gasteiger charge is 2.40. The number of benzene rings is 2. The summed E-state index contributed by atoms with van der Waals surface area (Å²) in [7, 11) is 0. The number of aromatic nitrogens is 1. The predicted molar refractivity (Wildman–Crippen MR) is 96.2 cm³/mol. The lowest BCUT2D eigenvalue weighted by Gasteiger charge is -2.38. The molecule has 0 unspecified atom stereocenters. The number of ether oxygens (including phenoxy) is 1. The molecular weight excluding hydrogens is 310 g/mol. The van der Waals surface area contributed by atoms with Gasteiger partial charge in [-0.25, -0.2) is 5.01 Å². The van der Waals surface area contributed by atoms with Gasteiger partial charge in [-0.3, -0.25) is 4.98 Å². The smallest absolute Gasteiger partial charge is 0.215 e. The first-order chi connectivity index (χ1) is 12.4. The van der Waals surface area contributed by atoms with Crippen LogP contribution >= 0.6 is 0 Å². The number of hydrogen-bond acceptors (Lipinski definition) is 4. The molecule has 0 spiro atoms. The molecule has 3 aromatic rings. The van der Waals surface area contributed by atoms with Crippen molar-refractivity contribution in [2.45, 2.75) is 18.7 Å². The van der Waals surface area contributed by atoms with Gasteiger partial charge in [0.25, 0.3) is 0 Å². The van der Waals surface area contributed by atoms with Gasteiger partial charge in [0, 0.05) is 29.9 Å². The lowest BCUT2D eigenvalue weighted by atomic mass is 9.96. The van der Waals surface area contributed by atoms with E-state index in [1.165, 1.54) is 11.1 Å². The number of para-hydroxylation sites is 1. The maximum Gasteiger partial charge on any atom is 0.215 e. The van der Waals surface area contributed by atoms with E-state index in [4.69, 9.17) is 9.84 Å². The van der Waals surface area contributed by atoms with Gasteiger partial charge in [-0.15, -0.1) is 0 Å². The number of fused-ring (bicyclic) bond motifs is 3. The van der Waals surface area contributed by atoms with E-state index in [0.29, 0.717) is 0 Å². The summed E-state index contributed by atoms with van der Waals surface area (Å²) < 4.78 is 6.29. The molecule has 4 nitrogen and oxygen atoms in total. The summed E-state index contributed by atoms with van der Waals surface area (Å²) >= 11 is 0. The molecule has 5 rings (SSSR count). The molecule has 1 aromatic heterocycles. The van der Waals surface area contributed by atoms with Crippen molar-refractivity contribution in [1.82, 2.24) is 9.99 Å². The first-order valence-corrected chi connectivity index (χ1v) is 8.47. The number of rotatable bonds is 2. The molecule has 3 heterocycles. The van der Waals surface area contributed by atoms with Gasteiger partial charge in [-0.1, -0.05) is 54.6 Å². The van der Waals surface area contributed by atoms with Crippen LogP contribution in [0.4, 0.5) is 0 Å². The Morgan fingerprint density at radius 1 is 0.920 bits per heavy atom. The predicted octanol–water partition coefficient (Wildman–Crippen LogP) is 4.32. The SMILES string of the molecule is c1ccc(C2=NN3[C@@H](C2)c2ccccc2O[C@H]3c2cccnc2)cc1. The highest BCUT2D eigenvalue weighted by atomic mass is 16.5. The third-order valence-corrected chi connectivity index (χ3v) is 4.78. The fourth-order valence-electron chi connectivity index (χ4n) is 3.58. The Labute approximate surface area is 146 Å². The van der Waals surface area contributed by atoms with E-state index in [9.17, 15) is 0 Å². The molecule has 0 saturated carbocycles. The van der Waals surface area contributed by atoms with Crippen LogP contribution < -0.4 is 4.74 Å². The first kappa shape index (κ1) is 14.2. The fourth-order valence-corrected chi connectivity index (χ4v) is 3.58. The number of nitrogens with zero attached hydrogens (tertiary/aromatic N) is 3. The van der Waals surface area contributed by atoms with Gasteiger partial charge in [0.15, 0.2) is 0 Å². The van der Waals surface area contributed by atoms with Crippen LogP contribution in [-0.2, 0) is 0 Å². The lowest BCUT2D eigenvalue weighted by molar-refractivity contribution is -0.0192. The van der Waals surface area contributed by atoms with E-state index >= 15 is 0 Å². The maximum absolute atomic E-state index is 6.29. The minimum atomic E-state index is -0.255. The first-order valence-electron chi connectivity index (χ1n) is 8.47. The largest absolute Gasteiger partial charge is 0.464 e. The second kappa shape index (κ2) is 5.74. The summed E-state index contributed by atoms with van der Waals surface area (Å²) in [6.45, 7) is 0. The third kappa shape index (κ3) is 2.38. The number of hydrogen-bond donors (Lipinski definition) is 0. The zero-order valence-electron chi connectivity index (χ0n) is 13.6.